The van der Waals surface area contributed by atoms with Crippen LogP contribution in [0.5, 0.6) is 11.8 Å². The van der Waals surface area contributed by atoms with Gasteiger partial charge in [0.25, 0.3) is 0 Å². The van der Waals surface area contributed by atoms with Crippen molar-refractivity contribution in [2.24, 2.45) is 21.1 Å². The Morgan fingerprint density at radius 1 is 1.13 bits per heavy atom. The number of hydrogen-bond acceptors (Lipinski definition) is 5. The predicted octanol–water partition coefficient (Wildman–Crippen LogP) is 0.814. The number of hydrogen-bond donors (Lipinski definition) is 2. The van der Waals surface area contributed by atoms with Crippen LogP contribution in [-0.2, 0) is 21.1 Å². The first kappa shape index (κ1) is 14.8. The molecule has 0 unspecified atom stereocenters. The molecular formula is C15H16N6O2. The maximum atomic E-state index is 10.9. The molecule has 0 spiro atoms. The third-order valence-corrected chi connectivity index (χ3v) is 3.75. The number of rotatable bonds is 3. The van der Waals surface area contributed by atoms with Crippen LogP contribution in [0.4, 0.5) is 0 Å². The van der Waals surface area contributed by atoms with Crippen LogP contribution in [-0.4, -0.2) is 25.0 Å². The topological polar surface area (TPSA) is 102 Å². The molecule has 0 aliphatic carbocycles. The van der Waals surface area contributed by atoms with E-state index in [4.69, 9.17) is 15.6 Å². The van der Waals surface area contributed by atoms with Crippen LogP contribution in [0, 0.1) is 10.8 Å². The van der Waals surface area contributed by atoms with E-state index in [2.05, 4.69) is 4.98 Å². The second-order valence-corrected chi connectivity index (χ2v) is 5.21. The number of fused-ring (bicyclic) bond motifs is 1. The van der Waals surface area contributed by atoms with Gasteiger partial charge < -0.3 is 4.74 Å². The Kier molecular flexibility index (Phi) is 3.36. The van der Waals surface area contributed by atoms with E-state index in [0.29, 0.717) is 22.5 Å². The van der Waals surface area contributed by atoms with Gasteiger partial charge in [0.15, 0.2) is 11.1 Å². The number of carbonyl (C=O) groups excluding carboxylic acids is 1. The van der Waals surface area contributed by atoms with Gasteiger partial charge in [-0.25, -0.2) is 0 Å². The predicted molar refractivity (Wildman–Crippen MR) is 82.3 cm³/mol. The van der Waals surface area contributed by atoms with Gasteiger partial charge in [-0.15, -0.1) is 0 Å². The Balaban J connectivity index is 2.20. The highest BCUT2D eigenvalue weighted by atomic mass is 16.5. The first-order valence-corrected chi connectivity index (χ1v) is 6.88. The highest BCUT2D eigenvalue weighted by Crippen LogP contribution is 2.23. The lowest BCUT2D eigenvalue weighted by Crippen LogP contribution is -2.37. The van der Waals surface area contributed by atoms with E-state index in [1.54, 1.807) is 54.5 Å². The molecule has 0 saturated heterocycles. The summed E-state index contributed by atoms with van der Waals surface area (Å²) >= 11 is 0. The number of aryl methyl sites for hydroxylation is 2. The maximum absolute atomic E-state index is 10.9. The molecule has 0 aliphatic heterocycles. The molecule has 0 bridgehead atoms. The molecule has 2 N–H and O–H groups in total. The summed E-state index contributed by atoms with van der Waals surface area (Å²) in [4.78, 5) is 15.2. The average molecular weight is 312 g/mol. The highest BCUT2D eigenvalue weighted by Gasteiger charge is 2.15. The zero-order valence-corrected chi connectivity index (χ0v) is 13.0. The number of nitrogens with zero attached hydrogens (tertiary/aromatic N) is 4. The third kappa shape index (κ3) is 2.24. The molecule has 0 atom stereocenters. The average Bonchev–Trinajstić information content (AvgIpc) is 2.88. The lowest BCUT2D eigenvalue weighted by molar-refractivity contribution is 0.112. The highest BCUT2D eigenvalue weighted by molar-refractivity contribution is 5.75. The molecule has 3 rings (SSSR count). The zero-order valence-electron chi connectivity index (χ0n) is 13.0. The summed E-state index contributed by atoms with van der Waals surface area (Å²) < 4.78 is 10.5. The fourth-order valence-corrected chi connectivity index (χ4v) is 2.40. The number of aromatic nitrogens is 4. The first-order chi connectivity index (χ1) is 10.9. The van der Waals surface area contributed by atoms with Crippen molar-refractivity contribution in [3.8, 4) is 11.8 Å². The van der Waals surface area contributed by atoms with Gasteiger partial charge in [-0.05, 0) is 12.1 Å². The van der Waals surface area contributed by atoms with Crippen LogP contribution in [0.2, 0.25) is 0 Å². The van der Waals surface area contributed by atoms with Crippen LogP contribution in [0.3, 0.4) is 0 Å². The van der Waals surface area contributed by atoms with Crippen LogP contribution in [0.15, 0.2) is 24.3 Å². The van der Waals surface area contributed by atoms with Crippen LogP contribution in [0.25, 0.3) is 11.2 Å². The summed E-state index contributed by atoms with van der Waals surface area (Å²) in [5.41, 5.74) is 1.90. The van der Waals surface area contributed by atoms with Crippen molar-refractivity contribution in [1.29, 1.82) is 10.8 Å². The largest absolute Gasteiger partial charge is 0.425 e. The van der Waals surface area contributed by atoms with Gasteiger partial charge in [0.05, 0.1) is 0 Å². The molecule has 2 heterocycles. The number of nitrogens with one attached hydrogen (secondary N) is 2. The Bertz CT molecular complexity index is 1040. The van der Waals surface area contributed by atoms with Gasteiger partial charge in [-0.3, -0.25) is 29.3 Å². The Labute approximate surface area is 131 Å². The summed E-state index contributed by atoms with van der Waals surface area (Å²) in [5, 5.41) is 16.2. The summed E-state index contributed by atoms with van der Waals surface area (Å²) in [6, 6.07) is 7.04. The molecule has 118 valence electrons. The van der Waals surface area contributed by atoms with E-state index < -0.39 is 0 Å². The van der Waals surface area contributed by atoms with Crippen molar-refractivity contribution in [2.75, 3.05) is 0 Å². The zero-order chi connectivity index (χ0) is 16.7. The van der Waals surface area contributed by atoms with Crippen molar-refractivity contribution in [3.63, 3.8) is 0 Å². The van der Waals surface area contributed by atoms with Crippen molar-refractivity contribution < 1.29 is 9.53 Å². The number of aldehydes is 1. The van der Waals surface area contributed by atoms with Gasteiger partial charge in [-0.1, -0.05) is 12.1 Å². The molecule has 0 saturated carbocycles. The maximum Gasteiger partial charge on any atom is 0.304 e. The molecule has 3 aromatic rings. The van der Waals surface area contributed by atoms with E-state index in [9.17, 15) is 4.79 Å². The Hall–Kier alpha value is -3.16. The number of benzene rings is 1. The molecule has 0 amide bonds. The standard InChI is InChI=1S/C15H16N6O2/c1-19-11-12(16)20(2)14(17)21(3)13(11)18-15(19)23-10-6-4-5-9(7-10)8-22/h4-8,16-17H,1-3H3. The lowest BCUT2D eigenvalue weighted by Gasteiger charge is -2.07. The second kappa shape index (κ2) is 5.24. The molecule has 0 aliphatic rings. The summed E-state index contributed by atoms with van der Waals surface area (Å²) in [6.45, 7) is 0. The number of carbonyl (C=O) groups is 1. The van der Waals surface area contributed by atoms with Crippen molar-refractivity contribution in [1.82, 2.24) is 18.7 Å². The molecule has 0 fully saturated rings. The SMILES string of the molecule is Cn1c(=N)c2c(nc(Oc3cccc(C=O)c3)n2C)n(C)c1=N. The van der Waals surface area contributed by atoms with Gasteiger partial charge in [0, 0.05) is 26.7 Å². The van der Waals surface area contributed by atoms with E-state index in [1.807, 2.05) is 0 Å². The van der Waals surface area contributed by atoms with Crippen LogP contribution < -0.4 is 15.8 Å². The summed E-state index contributed by atoms with van der Waals surface area (Å²) in [5.74, 6) is 0.484. The molecule has 1 aromatic carbocycles. The molecule has 8 heteroatoms. The summed E-state index contributed by atoms with van der Waals surface area (Å²) in [6.07, 6.45) is 0.746. The van der Waals surface area contributed by atoms with E-state index in [1.165, 1.54) is 4.57 Å². The molecular weight excluding hydrogens is 296 g/mol. The van der Waals surface area contributed by atoms with Gasteiger partial charge in [0.1, 0.15) is 17.6 Å². The quantitative estimate of drug-likeness (QED) is 0.700. The summed E-state index contributed by atoms with van der Waals surface area (Å²) in [7, 11) is 5.12. The molecule has 2 aromatic heterocycles. The monoisotopic (exact) mass is 312 g/mol. The lowest BCUT2D eigenvalue weighted by atomic mass is 10.2. The smallest absolute Gasteiger partial charge is 0.304 e. The van der Waals surface area contributed by atoms with Gasteiger partial charge in [0.2, 0.25) is 5.62 Å². The molecule has 8 nitrogen and oxygen atoms in total. The van der Waals surface area contributed by atoms with Crippen molar-refractivity contribution in [2.45, 2.75) is 0 Å². The molecule has 0 radical (unpaired) electrons. The fraction of sp³-hybridized carbons (Fsp3) is 0.200. The molecule has 23 heavy (non-hydrogen) atoms. The van der Waals surface area contributed by atoms with E-state index in [0.717, 1.165) is 6.29 Å². The van der Waals surface area contributed by atoms with Gasteiger partial charge >= 0.3 is 6.01 Å². The first-order valence-electron chi connectivity index (χ1n) is 6.88. The third-order valence-electron chi connectivity index (χ3n) is 3.75. The van der Waals surface area contributed by atoms with Crippen LogP contribution >= 0.6 is 0 Å². The van der Waals surface area contributed by atoms with Crippen molar-refractivity contribution >= 4 is 17.5 Å². The minimum atomic E-state index is 0.162. The van der Waals surface area contributed by atoms with Crippen LogP contribution in [0.1, 0.15) is 10.4 Å². The number of ether oxygens (including phenoxy) is 1. The van der Waals surface area contributed by atoms with Crippen molar-refractivity contribution in [3.05, 3.63) is 40.9 Å². The Morgan fingerprint density at radius 2 is 1.87 bits per heavy atom. The van der Waals surface area contributed by atoms with E-state index in [-0.39, 0.29) is 17.1 Å². The van der Waals surface area contributed by atoms with Gasteiger partial charge in [-0.2, -0.15) is 4.98 Å². The Morgan fingerprint density at radius 3 is 2.57 bits per heavy atom. The minimum absolute atomic E-state index is 0.162. The normalized spacial score (nSPS) is 10.9. The number of imidazole rings is 1. The second-order valence-electron chi connectivity index (χ2n) is 5.21. The fourth-order valence-electron chi connectivity index (χ4n) is 2.40. The minimum Gasteiger partial charge on any atom is -0.425 e. The van der Waals surface area contributed by atoms with E-state index >= 15 is 0 Å².